The van der Waals surface area contributed by atoms with Crippen molar-refractivity contribution in [3.05, 3.63) is 85.1 Å². The van der Waals surface area contributed by atoms with Gasteiger partial charge in [-0.2, -0.15) is 0 Å². The van der Waals surface area contributed by atoms with Crippen LogP contribution in [0, 0.1) is 0 Å². The fraction of sp³-hybridized carbons (Fsp3) is 0.617. The summed E-state index contributed by atoms with van der Waals surface area (Å²) in [6.45, 7) is 3.31. The van der Waals surface area contributed by atoms with Gasteiger partial charge in [0.25, 0.3) is 0 Å². The van der Waals surface area contributed by atoms with Crippen molar-refractivity contribution in [1.29, 1.82) is 0 Å². The first-order valence-corrected chi connectivity index (χ1v) is 21.5. The second-order valence-electron chi connectivity index (χ2n) is 14.0. The number of amides is 2. The number of carboxylic acids is 1. The van der Waals surface area contributed by atoms with Gasteiger partial charge in [-0.25, -0.2) is 4.79 Å². The summed E-state index contributed by atoms with van der Waals surface area (Å²) >= 11 is 0. The summed E-state index contributed by atoms with van der Waals surface area (Å²) < 4.78 is 5.97. The van der Waals surface area contributed by atoms with Gasteiger partial charge in [-0.05, 0) is 103 Å². The van der Waals surface area contributed by atoms with Crippen molar-refractivity contribution in [2.45, 2.75) is 174 Å². The number of carboxylic acid groups (broad SMARTS) is 1. The molecular weight excluding hydrogens is 705 g/mol. The molecule has 2 amide bonds. The van der Waals surface area contributed by atoms with Gasteiger partial charge >= 0.3 is 11.9 Å². The normalized spacial score (nSPS) is 13.3. The zero-order valence-electron chi connectivity index (χ0n) is 34.9. The molecular formula is C47H76N2O7. The number of aliphatic hydroxyl groups is 1. The molecule has 0 rings (SSSR count). The van der Waals surface area contributed by atoms with E-state index in [4.69, 9.17) is 14.9 Å². The third-order valence-electron chi connectivity index (χ3n) is 8.88. The lowest BCUT2D eigenvalue weighted by molar-refractivity contribution is -0.150. The van der Waals surface area contributed by atoms with E-state index in [1.165, 1.54) is 19.3 Å². The Morgan fingerprint density at radius 2 is 1.05 bits per heavy atom. The molecule has 0 aliphatic carbocycles. The average Bonchev–Trinajstić information content (AvgIpc) is 3.18. The molecule has 0 aromatic rings. The largest absolute Gasteiger partial charge is 0.480 e. The first-order valence-electron chi connectivity index (χ1n) is 21.5. The monoisotopic (exact) mass is 781 g/mol. The maximum atomic E-state index is 12.8. The summed E-state index contributed by atoms with van der Waals surface area (Å²) in [5.41, 5.74) is 0. The lowest BCUT2D eigenvalue weighted by atomic mass is 10.0. The Morgan fingerprint density at radius 1 is 0.554 bits per heavy atom. The third kappa shape index (κ3) is 37.0. The van der Waals surface area contributed by atoms with Crippen LogP contribution in [0.25, 0.3) is 0 Å². The van der Waals surface area contributed by atoms with Gasteiger partial charge in [-0.15, -0.1) is 0 Å². The van der Waals surface area contributed by atoms with E-state index < -0.39 is 24.5 Å². The molecule has 0 aromatic carbocycles. The van der Waals surface area contributed by atoms with Crippen molar-refractivity contribution in [2.24, 2.45) is 0 Å². The zero-order chi connectivity index (χ0) is 41.2. The van der Waals surface area contributed by atoms with Crippen LogP contribution in [0.2, 0.25) is 0 Å². The molecule has 0 aromatic heterocycles. The molecule has 4 N–H and O–H groups in total. The van der Waals surface area contributed by atoms with Crippen molar-refractivity contribution in [1.82, 2.24) is 10.6 Å². The van der Waals surface area contributed by atoms with E-state index >= 15 is 0 Å². The number of esters is 1. The molecule has 9 nitrogen and oxygen atoms in total. The van der Waals surface area contributed by atoms with Crippen LogP contribution in [0.4, 0.5) is 0 Å². The number of unbranched alkanes of at least 4 members (excludes halogenated alkanes) is 9. The van der Waals surface area contributed by atoms with E-state index in [1.807, 2.05) is 0 Å². The van der Waals surface area contributed by atoms with Gasteiger partial charge in [-0.3, -0.25) is 14.4 Å². The molecule has 9 heteroatoms. The number of ether oxygens (including phenoxy) is 1. The fourth-order valence-electron chi connectivity index (χ4n) is 5.61. The number of rotatable bonds is 37. The molecule has 0 bridgehead atoms. The van der Waals surface area contributed by atoms with Crippen molar-refractivity contribution in [3.8, 4) is 0 Å². The zero-order valence-corrected chi connectivity index (χ0v) is 34.9. The van der Waals surface area contributed by atoms with Gasteiger partial charge in [0, 0.05) is 12.8 Å². The highest BCUT2D eigenvalue weighted by atomic mass is 16.5. The molecule has 0 spiro atoms. The lowest BCUT2D eigenvalue weighted by Crippen LogP contribution is -2.47. The Bertz CT molecular complexity index is 1210. The van der Waals surface area contributed by atoms with Gasteiger partial charge in [0.2, 0.25) is 11.8 Å². The van der Waals surface area contributed by atoms with Crippen molar-refractivity contribution in [3.63, 3.8) is 0 Å². The first-order chi connectivity index (χ1) is 27.3. The molecule has 0 aliphatic heterocycles. The molecule has 56 heavy (non-hydrogen) atoms. The number of carbonyl (C=O) groups is 4. The van der Waals surface area contributed by atoms with E-state index in [9.17, 15) is 19.2 Å². The van der Waals surface area contributed by atoms with Crippen molar-refractivity contribution < 1.29 is 34.1 Å². The van der Waals surface area contributed by atoms with Gasteiger partial charge in [0.1, 0.15) is 12.1 Å². The maximum absolute atomic E-state index is 12.8. The number of hydrogen-bond donors (Lipinski definition) is 4. The van der Waals surface area contributed by atoms with Gasteiger partial charge < -0.3 is 25.6 Å². The molecule has 316 valence electrons. The number of hydrogen-bond acceptors (Lipinski definition) is 6. The summed E-state index contributed by atoms with van der Waals surface area (Å²) in [6, 6.07) is -1.39. The number of carbonyl (C=O) groups excluding carboxylic acids is 3. The Hall–Kier alpha value is -3.98. The minimum atomic E-state index is -1.39. The van der Waals surface area contributed by atoms with Crippen molar-refractivity contribution >= 4 is 23.8 Å². The van der Waals surface area contributed by atoms with Gasteiger partial charge in [0.15, 0.2) is 0 Å². The molecule has 0 saturated carbocycles. The highest BCUT2D eigenvalue weighted by molar-refractivity contribution is 5.87. The lowest BCUT2D eigenvalue weighted by Gasteiger charge is -2.18. The fourth-order valence-corrected chi connectivity index (χ4v) is 5.61. The molecule has 0 aliphatic rings. The summed E-state index contributed by atoms with van der Waals surface area (Å²) in [4.78, 5) is 47.5. The molecule has 0 fully saturated rings. The highest BCUT2D eigenvalue weighted by Gasteiger charge is 2.19. The predicted molar refractivity (Wildman–Crippen MR) is 231 cm³/mol. The second kappa shape index (κ2) is 40.7. The number of allylic oxidation sites excluding steroid dienone is 14. The van der Waals surface area contributed by atoms with Crippen LogP contribution in [0.5, 0.6) is 0 Å². The quantitative estimate of drug-likeness (QED) is 0.0279. The Balaban J connectivity index is 4.47. The van der Waals surface area contributed by atoms with E-state index in [0.29, 0.717) is 12.8 Å². The molecule has 2 unspecified atom stereocenters. The molecule has 0 heterocycles. The molecule has 2 atom stereocenters. The highest BCUT2D eigenvalue weighted by Crippen LogP contribution is 2.17. The topological polar surface area (TPSA) is 142 Å². The van der Waals surface area contributed by atoms with Gasteiger partial charge in [-0.1, -0.05) is 131 Å². The van der Waals surface area contributed by atoms with Crippen LogP contribution in [0.1, 0.15) is 162 Å². The second-order valence-corrected chi connectivity index (χ2v) is 14.0. The number of aliphatic carboxylic acids is 1. The van der Waals surface area contributed by atoms with Crippen LogP contribution < -0.4 is 10.6 Å². The Labute approximate surface area is 339 Å². The van der Waals surface area contributed by atoms with E-state index in [-0.39, 0.29) is 30.9 Å². The third-order valence-corrected chi connectivity index (χ3v) is 8.88. The smallest absolute Gasteiger partial charge is 0.328 e. The standard InChI is InChI=1S/C47H76N2O7/c1-3-5-7-9-11-13-15-16-17-18-19-20-22-24-26-31-35-39-46(53)56-42(36-32-28-25-23-21-14-12-10-8-6-4-2)37-33-29-27-30-34-38-44(51)48-40-45(52)49-43(41-50)47(54)55/h5,7,11-14,16-17,19-20,23-26,42-43,50H,3-4,6,8-10,15,18,21-22,27-41H2,1-2H3,(H,48,51)(H,49,52)(H,54,55)/b7-5-,13-11-,14-12-,17-16-,20-19-,25-23-,26-24-. The molecule has 0 radical (unpaired) electrons. The van der Waals surface area contributed by atoms with E-state index in [0.717, 1.165) is 109 Å². The van der Waals surface area contributed by atoms with Crippen LogP contribution in [0.3, 0.4) is 0 Å². The number of aliphatic hydroxyl groups excluding tert-OH is 1. The molecule has 0 saturated heterocycles. The first kappa shape index (κ1) is 52.0. The summed E-state index contributed by atoms with van der Waals surface area (Å²) in [6.07, 6.45) is 51.8. The summed E-state index contributed by atoms with van der Waals surface area (Å²) in [5, 5.41) is 22.5. The van der Waals surface area contributed by atoms with Crippen molar-refractivity contribution in [2.75, 3.05) is 13.2 Å². The van der Waals surface area contributed by atoms with Crippen LogP contribution in [-0.2, 0) is 23.9 Å². The van der Waals surface area contributed by atoms with E-state index in [1.54, 1.807) is 0 Å². The Morgan fingerprint density at radius 3 is 1.61 bits per heavy atom. The number of nitrogens with one attached hydrogen (secondary N) is 2. The summed E-state index contributed by atoms with van der Waals surface area (Å²) in [5.74, 6) is -2.41. The summed E-state index contributed by atoms with van der Waals surface area (Å²) in [7, 11) is 0. The average molecular weight is 781 g/mol. The minimum absolute atomic E-state index is 0.0912. The van der Waals surface area contributed by atoms with Crippen LogP contribution in [0.15, 0.2) is 85.1 Å². The van der Waals surface area contributed by atoms with Crippen LogP contribution >= 0.6 is 0 Å². The van der Waals surface area contributed by atoms with Gasteiger partial charge in [0.05, 0.1) is 13.2 Å². The SMILES string of the molecule is CC/C=C\C/C=C\C/C=C\C/C=C\C/C=C\CCCC(=O)OC(CCC/C=C\C/C=C\CCCCC)CCCCCCCC(=O)NCC(=O)NC(CO)C(=O)O. The van der Waals surface area contributed by atoms with E-state index in [2.05, 4.69) is 110 Å². The maximum Gasteiger partial charge on any atom is 0.328 e. The predicted octanol–water partition coefficient (Wildman–Crippen LogP) is 10.5. The van der Waals surface area contributed by atoms with Crippen LogP contribution in [-0.4, -0.2) is 59.3 Å². The minimum Gasteiger partial charge on any atom is -0.480 e. The Kier molecular flexibility index (Phi) is 37.8.